The van der Waals surface area contributed by atoms with Crippen molar-refractivity contribution in [3.05, 3.63) is 29.3 Å². The van der Waals surface area contributed by atoms with Gasteiger partial charge >= 0.3 is 5.97 Å². The lowest BCUT2D eigenvalue weighted by Crippen LogP contribution is -2.33. The normalized spacial score (nSPS) is 13.0. The van der Waals surface area contributed by atoms with Crippen molar-refractivity contribution in [2.75, 3.05) is 0 Å². The summed E-state index contributed by atoms with van der Waals surface area (Å²) in [6.45, 7) is 11.2. The lowest BCUT2D eigenvalue weighted by molar-refractivity contribution is -0.162. The van der Waals surface area contributed by atoms with Crippen LogP contribution in [0, 0.1) is 13.8 Å². The highest BCUT2D eigenvalue weighted by Crippen LogP contribution is 2.18. The monoisotopic (exact) mass is 250 g/mol. The molecule has 0 aliphatic carbocycles. The molecule has 0 aromatic heterocycles. The number of hydrogen-bond acceptors (Lipinski definition) is 3. The maximum Gasteiger partial charge on any atom is 0.347 e. The molecule has 0 aliphatic rings. The topological polar surface area (TPSA) is 35.5 Å². The third-order valence-corrected chi connectivity index (χ3v) is 2.25. The fourth-order valence-electron chi connectivity index (χ4n) is 1.64. The molecule has 0 bridgehead atoms. The Morgan fingerprint density at radius 2 is 1.61 bits per heavy atom. The summed E-state index contributed by atoms with van der Waals surface area (Å²) in [5, 5.41) is 0. The molecule has 3 heteroatoms. The van der Waals surface area contributed by atoms with Gasteiger partial charge in [0.25, 0.3) is 0 Å². The molecule has 1 rings (SSSR count). The molecule has 18 heavy (non-hydrogen) atoms. The molecule has 0 spiro atoms. The van der Waals surface area contributed by atoms with Gasteiger partial charge in [-0.2, -0.15) is 0 Å². The Hall–Kier alpha value is -1.51. The lowest BCUT2D eigenvalue weighted by Gasteiger charge is -2.22. The van der Waals surface area contributed by atoms with Gasteiger partial charge in [0.05, 0.1) is 0 Å². The van der Waals surface area contributed by atoms with E-state index < -0.39 is 11.7 Å². The molecule has 1 unspecified atom stereocenters. The van der Waals surface area contributed by atoms with Gasteiger partial charge in [-0.05, 0) is 64.8 Å². The quantitative estimate of drug-likeness (QED) is 0.771. The van der Waals surface area contributed by atoms with Crippen molar-refractivity contribution in [3.8, 4) is 5.75 Å². The van der Waals surface area contributed by atoms with Crippen LogP contribution < -0.4 is 4.74 Å². The Bertz CT molecular complexity index is 410. The average molecular weight is 250 g/mol. The highest BCUT2D eigenvalue weighted by atomic mass is 16.6. The fourth-order valence-corrected chi connectivity index (χ4v) is 1.64. The van der Waals surface area contributed by atoms with E-state index in [0.717, 1.165) is 11.1 Å². The third-order valence-electron chi connectivity index (χ3n) is 2.25. The summed E-state index contributed by atoms with van der Waals surface area (Å²) in [6.07, 6.45) is -0.606. The minimum Gasteiger partial charge on any atom is -0.479 e. The van der Waals surface area contributed by atoms with Crippen molar-refractivity contribution < 1.29 is 14.3 Å². The van der Waals surface area contributed by atoms with Crippen LogP contribution in [-0.4, -0.2) is 17.7 Å². The molecule has 0 saturated carbocycles. The zero-order valence-electron chi connectivity index (χ0n) is 12.0. The van der Waals surface area contributed by atoms with Crippen LogP contribution in [0.5, 0.6) is 5.75 Å². The van der Waals surface area contributed by atoms with E-state index >= 15 is 0 Å². The second-order valence-electron chi connectivity index (χ2n) is 5.62. The molecule has 3 nitrogen and oxygen atoms in total. The van der Waals surface area contributed by atoms with Crippen LogP contribution in [0.1, 0.15) is 38.8 Å². The highest BCUT2D eigenvalue weighted by molar-refractivity contribution is 5.75. The first-order chi connectivity index (χ1) is 8.17. The Morgan fingerprint density at radius 1 is 1.11 bits per heavy atom. The summed E-state index contributed by atoms with van der Waals surface area (Å²) in [7, 11) is 0. The van der Waals surface area contributed by atoms with Crippen LogP contribution in [0.2, 0.25) is 0 Å². The van der Waals surface area contributed by atoms with Gasteiger partial charge in [0.15, 0.2) is 6.10 Å². The molecule has 0 aliphatic heterocycles. The van der Waals surface area contributed by atoms with E-state index in [-0.39, 0.29) is 5.97 Å². The summed E-state index contributed by atoms with van der Waals surface area (Å²) < 4.78 is 10.9. The van der Waals surface area contributed by atoms with E-state index in [0.29, 0.717) is 5.75 Å². The molecule has 0 fully saturated rings. The van der Waals surface area contributed by atoms with Crippen LogP contribution >= 0.6 is 0 Å². The smallest absolute Gasteiger partial charge is 0.347 e. The molecule has 100 valence electrons. The van der Waals surface area contributed by atoms with Gasteiger partial charge in [-0.25, -0.2) is 4.79 Å². The average Bonchev–Trinajstić information content (AvgIpc) is 2.12. The first-order valence-corrected chi connectivity index (χ1v) is 6.15. The van der Waals surface area contributed by atoms with Crippen molar-refractivity contribution in [2.24, 2.45) is 0 Å². The van der Waals surface area contributed by atoms with Crippen LogP contribution in [-0.2, 0) is 9.53 Å². The number of benzene rings is 1. The van der Waals surface area contributed by atoms with Gasteiger partial charge in [-0.1, -0.05) is 6.07 Å². The maximum atomic E-state index is 11.8. The summed E-state index contributed by atoms with van der Waals surface area (Å²) in [6, 6.07) is 5.88. The molecule has 1 aromatic rings. The molecule has 0 radical (unpaired) electrons. The minimum absolute atomic E-state index is 0.346. The van der Waals surface area contributed by atoms with Gasteiger partial charge in [0.1, 0.15) is 11.4 Å². The molecule has 1 aromatic carbocycles. The predicted molar refractivity (Wildman–Crippen MR) is 71.9 cm³/mol. The first kappa shape index (κ1) is 14.6. The van der Waals surface area contributed by atoms with E-state index in [4.69, 9.17) is 9.47 Å². The number of carbonyl (C=O) groups excluding carboxylic acids is 1. The second kappa shape index (κ2) is 5.42. The van der Waals surface area contributed by atoms with E-state index in [1.807, 2.05) is 46.8 Å². The molecular weight excluding hydrogens is 228 g/mol. The van der Waals surface area contributed by atoms with Crippen molar-refractivity contribution in [1.82, 2.24) is 0 Å². The Labute approximate surface area is 109 Å². The van der Waals surface area contributed by atoms with Crippen molar-refractivity contribution >= 4 is 5.97 Å². The van der Waals surface area contributed by atoms with E-state index in [1.165, 1.54) is 0 Å². The first-order valence-electron chi connectivity index (χ1n) is 6.15. The van der Waals surface area contributed by atoms with Crippen LogP contribution in [0.25, 0.3) is 0 Å². The number of ether oxygens (including phenoxy) is 2. The largest absolute Gasteiger partial charge is 0.479 e. The Morgan fingerprint density at radius 3 is 2.06 bits per heavy atom. The number of hydrogen-bond donors (Lipinski definition) is 0. The Kier molecular flexibility index (Phi) is 4.38. The Balaban J connectivity index is 2.69. The summed E-state index contributed by atoms with van der Waals surface area (Å²) >= 11 is 0. The van der Waals surface area contributed by atoms with Gasteiger partial charge in [-0.3, -0.25) is 0 Å². The summed E-state index contributed by atoms with van der Waals surface area (Å²) in [5.41, 5.74) is 1.74. The van der Waals surface area contributed by atoms with Crippen LogP contribution in [0.15, 0.2) is 18.2 Å². The number of rotatable bonds is 3. The number of carbonyl (C=O) groups is 1. The van der Waals surface area contributed by atoms with E-state index in [2.05, 4.69) is 6.07 Å². The van der Waals surface area contributed by atoms with Crippen LogP contribution in [0.4, 0.5) is 0 Å². The SMILES string of the molecule is Cc1cc(C)cc(OC(C)C(=O)OC(C)(C)C)c1. The third kappa shape index (κ3) is 4.78. The molecule has 0 saturated heterocycles. The number of aryl methyl sites for hydroxylation is 2. The molecule has 1 atom stereocenters. The molecule has 0 N–H and O–H groups in total. The fraction of sp³-hybridized carbons (Fsp3) is 0.533. The predicted octanol–water partition coefficient (Wildman–Crippen LogP) is 3.41. The number of esters is 1. The van der Waals surface area contributed by atoms with Gasteiger partial charge in [0.2, 0.25) is 0 Å². The van der Waals surface area contributed by atoms with Gasteiger partial charge in [0, 0.05) is 0 Å². The van der Waals surface area contributed by atoms with Crippen molar-refractivity contribution in [2.45, 2.75) is 53.2 Å². The van der Waals surface area contributed by atoms with Crippen molar-refractivity contribution in [3.63, 3.8) is 0 Å². The highest BCUT2D eigenvalue weighted by Gasteiger charge is 2.23. The lowest BCUT2D eigenvalue weighted by atomic mass is 10.1. The van der Waals surface area contributed by atoms with Gasteiger partial charge < -0.3 is 9.47 Å². The molecule has 0 heterocycles. The van der Waals surface area contributed by atoms with Gasteiger partial charge in [-0.15, -0.1) is 0 Å². The zero-order chi connectivity index (χ0) is 13.9. The molecule has 0 amide bonds. The molecular formula is C15H22O3. The summed E-state index contributed by atoms with van der Waals surface area (Å²) in [4.78, 5) is 11.8. The maximum absolute atomic E-state index is 11.8. The minimum atomic E-state index is -0.606. The van der Waals surface area contributed by atoms with Crippen LogP contribution in [0.3, 0.4) is 0 Å². The standard InChI is InChI=1S/C15H22O3/c1-10-7-11(2)9-13(8-10)17-12(3)14(16)18-15(4,5)6/h7-9,12H,1-6H3. The zero-order valence-corrected chi connectivity index (χ0v) is 12.0. The van der Waals surface area contributed by atoms with E-state index in [1.54, 1.807) is 6.92 Å². The second-order valence-corrected chi connectivity index (χ2v) is 5.62. The van der Waals surface area contributed by atoms with Crippen molar-refractivity contribution in [1.29, 1.82) is 0 Å². The summed E-state index contributed by atoms with van der Waals surface area (Å²) in [5.74, 6) is 0.354. The van der Waals surface area contributed by atoms with E-state index in [9.17, 15) is 4.79 Å².